The van der Waals surface area contributed by atoms with Gasteiger partial charge in [0.15, 0.2) is 0 Å². The number of fused-ring (bicyclic) bond motifs is 1. The van der Waals surface area contributed by atoms with Crippen molar-refractivity contribution in [2.45, 2.75) is 32.7 Å². The van der Waals surface area contributed by atoms with E-state index in [1.165, 1.54) is 0 Å². The summed E-state index contributed by atoms with van der Waals surface area (Å²) in [5.74, 6) is -0.308. The highest BCUT2D eigenvalue weighted by Crippen LogP contribution is 2.21. The Morgan fingerprint density at radius 3 is 2.83 bits per heavy atom. The minimum atomic E-state index is -3.25. The number of sulfone groups is 1. The van der Waals surface area contributed by atoms with Crippen LogP contribution in [-0.2, 0) is 29.5 Å². The highest BCUT2D eigenvalue weighted by atomic mass is 32.2. The average Bonchev–Trinajstić information content (AvgIpc) is 3.02. The van der Waals surface area contributed by atoms with Crippen molar-refractivity contribution in [3.05, 3.63) is 27.5 Å². The third kappa shape index (κ3) is 4.14. The van der Waals surface area contributed by atoms with Crippen LogP contribution in [0.1, 0.15) is 27.5 Å². The quantitative estimate of drug-likeness (QED) is 0.812. The third-order valence-corrected chi connectivity index (χ3v) is 5.37. The molecular formula is C13H19N5O3S2. The van der Waals surface area contributed by atoms with Crippen molar-refractivity contribution in [1.29, 1.82) is 0 Å². The van der Waals surface area contributed by atoms with Crippen LogP contribution in [-0.4, -0.2) is 57.0 Å². The topological polar surface area (TPSA) is 101 Å². The van der Waals surface area contributed by atoms with Gasteiger partial charge in [0.2, 0.25) is 0 Å². The van der Waals surface area contributed by atoms with Gasteiger partial charge < -0.3 is 5.11 Å². The van der Waals surface area contributed by atoms with Gasteiger partial charge in [0, 0.05) is 19.3 Å². The Balaban J connectivity index is 1.69. The van der Waals surface area contributed by atoms with Gasteiger partial charge in [-0.3, -0.25) is 9.58 Å². The second kappa shape index (κ2) is 6.27. The van der Waals surface area contributed by atoms with E-state index in [9.17, 15) is 13.5 Å². The second-order valence-electron chi connectivity index (χ2n) is 5.82. The molecule has 0 bridgehead atoms. The van der Waals surface area contributed by atoms with Gasteiger partial charge >= 0.3 is 0 Å². The average molecular weight is 357 g/mol. The first-order chi connectivity index (χ1) is 10.8. The first-order valence-electron chi connectivity index (χ1n) is 7.24. The lowest BCUT2D eigenvalue weighted by atomic mass is 10.2. The minimum Gasteiger partial charge on any atom is -0.386 e. The predicted octanol–water partition coefficient (Wildman–Crippen LogP) is 0.137. The van der Waals surface area contributed by atoms with Crippen LogP contribution in [0.5, 0.6) is 0 Å². The lowest BCUT2D eigenvalue weighted by Crippen LogP contribution is -2.33. The monoisotopic (exact) mass is 357 g/mol. The van der Waals surface area contributed by atoms with E-state index in [4.69, 9.17) is 0 Å². The van der Waals surface area contributed by atoms with Crippen LogP contribution >= 0.6 is 11.3 Å². The van der Waals surface area contributed by atoms with Crippen molar-refractivity contribution in [3.63, 3.8) is 0 Å². The molecule has 0 saturated heterocycles. The Labute approximate surface area is 138 Å². The number of hydrogen-bond donors (Lipinski definition) is 1. The number of aryl methyl sites for hydroxylation is 1. The van der Waals surface area contributed by atoms with E-state index in [-0.39, 0.29) is 5.75 Å². The van der Waals surface area contributed by atoms with Gasteiger partial charge in [0.25, 0.3) is 0 Å². The molecular weight excluding hydrogens is 338 g/mol. The molecule has 1 aliphatic rings. The molecule has 0 aliphatic carbocycles. The fourth-order valence-electron chi connectivity index (χ4n) is 2.61. The van der Waals surface area contributed by atoms with Gasteiger partial charge in [-0.1, -0.05) is 0 Å². The van der Waals surface area contributed by atoms with Gasteiger partial charge in [0.05, 0.1) is 30.2 Å². The molecule has 0 radical (unpaired) electrons. The molecule has 3 rings (SSSR count). The number of aromatic nitrogens is 4. The van der Waals surface area contributed by atoms with E-state index in [0.717, 1.165) is 35.1 Å². The van der Waals surface area contributed by atoms with Crippen LogP contribution in [0.15, 0.2) is 6.07 Å². The van der Waals surface area contributed by atoms with Crippen molar-refractivity contribution in [2.75, 3.05) is 18.6 Å². The van der Waals surface area contributed by atoms with Crippen LogP contribution < -0.4 is 0 Å². The molecule has 23 heavy (non-hydrogen) atoms. The van der Waals surface area contributed by atoms with E-state index < -0.39 is 15.9 Å². The Bertz CT molecular complexity index is 798. The normalized spacial score (nSPS) is 17.2. The largest absolute Gasteiger partial charge is 0.386 e. The Kier molecular flexibility index (Phi) is 4.50. The highest BCUT2D eigenvalue weighted by Gasteiger charge is 2.23. The second-order valence-corrected chi connectivity index (χ2v) is 9.27. The SMILES string of the molecule is Cc1nnc(CN2CCn3nc(C(O)CS(C)(=O)=O)cc3C2)s1. The summed E-state index contributed by atoms with van der Waals surface area (Å²) in [6, 6.07) is 1.79. The molecule has 1 atom stereocenters. The fraction of sp³-hybridized carbons (Fsp3) is 0.615. The summed E-state index contributed by atoms with van der Waals surface area (Å²) in [6.07, 6.45) is 0.0280. The number of rotatable bonds is 5. The Morgan fingerprint density at radius 2 is 2.17 bits per heavy atom. The van der Waals surface area contributed by atoms with Gasteiger partial charge in [0.1, 0.15) is 26.0 Å². The van der Waals surface area contributed by atoms with Gasteiger partial charge in [-0.2, -0.15) is 5.10 Å². The molecule has 0 amide bonds. The maximum absolute atomic E-state index is 11.3. The molecule has 0 fully saturated rings. The molecule has 126 valence electrons. The molecule has 10 heteroatoms. The summed E-state index contributed by atoms with van der Waals surface area (Å²) >= 11 is 1.59. The summed E-state index contributed by atoms with van der Waals surface area (Å²) in [5, 5.41) is 24.4. The van der Waals surface area contributed by atoms with Crippen LogP contribution in [0.2, 0.25) is 0 Å². The molecule has 8 nitrogen and oxygen atoms in total. The van der Waals surface area contributed by atoms with Crippen LogP contribution in [0.25, 0.3) is 0 Å². The molecule has 2 aromatic heterocycles. The smallest absolute Gasteiger partial charge is 0.150 e. The molecule has 0 spiro atoms. The summed E-state index contributed by atoms with van der Waals surface area (Å²) in [6.45, 7) is 4.89. The predicted molar refractivity (Wildman–Crippen MR) is 85.7 cm³/mol. The zero-order valence-corrected chi connectivity index (χ0v) is 14.6. The van der Waals surface area contributed by atoms with Gasteiger partial charge in [-0.05, 0) is 13.0 Å². The summed E-state index contributed by atoms with van der Waals surface area (Å²) in [5.41, 5.74) is 1.39. The maximum atomic E-state index is 11.3. The maximum Gasteiger partial charge on any atom is 0.150 e. The minimum absolute atomic E-state index is 0.308. The Morgan fingerprint density at radius 1 is 1.39 bits per heavy atom. The summed E-state index contributed by atoms with van der Waals surface area (Å²) < 4.78 is 24.4. The molecule has 0 aromatic carbocycles. The van der Waals surface area contributed by atoms with Crippen molar-refractivity contribution < 1.29 is 13.5 Å². The van der Waals surface area contributed by atoms with Crippen molar-refractivity contribution in [2.24, 2.45) is 0 Å². The number of nitrogens with zero attached hydrogens (tertiary/aromatic N) is 5. The van der Waals surface area contributed by atoms with Gasteiger partial charge in [-0.25, -0.2) is 8.42 Å². The first-order valence-corrected chi connectivity index (χ1v) is 10.1. The molecule has 1 unspecified atom stereocenters. The van der Waals surface area contributed by atoms with Crippen LogP contribution in [0, 0.1) is 6.92 Å². The van der Waals surface area contributed by atoms with E-state index in [1.54, 1.807) is 17.4 Å². The lowest BCUT2D eigenvalue weighted by Gasteiger charge is -2.26. The molecule has 0 saturated carbocycles. The summed E-state index contributed by atoms with van der Waals surface area (Å²) in [4.78, 5) is 2.24. The van der Waals surface area contributed by atoms with E-state index >= 15 is 0 Å². The van der Waals surface area contributed by atoms with Crippen molar-refractivity contribution >= 4 is 21.2 Å². The molecule has 1 N–H and O–H groups in total. The van der Waals surface area contributed by atoms with E-state index in [1.807, 2.05) is 11.6 Å². The third-order valence-electron chi connectivity index (χ3n) is 3.62. The van der Waals surface area contributed by atoms with Crippen molar-refractivity contribution in [1.82, 2.24) is 24.9 Å². The van der Waals surface area contributed by atoms with E-state index in [0.29, 0.717) is 18.8 Å². The van der Waals surface area contributed by atoms with Crippen LogP contribution in [0.3, 0.4) is 0 Å². The van der Waals surface area contributed by atoms with Crippen LogP contribution in [0.4, 0.5) is 0 Å². The lowest BCUT2D eigenvalue weighted by molar-refractivity contribution is 0.191. The summed E-state index contributed by atoms with van der Waals surface area (Å²) in [7, 11) is -3.25. The number of aliphatic hydroxyl groups is 1. The van der Waals surface area contributed by atoms with Crippen molar-refractivity contribution in [3.8, 4) is 0 Å². The zero-order chi connectivity index (χ0) is 16.6. The molecule has 2 aromatic rings. The van der Waals surface area contributed by atoms with Gasteiger partial charge in [-0.15, -0.1) is 21.5 Å². The fourth-order valence-corrected chi connectivity index (χ4v) is 4.10. The van der Waals surface area contributed by atoms with E-state index in [2.05, 4.69) is 20.2 Å². The first kappa shape index (κ1) is 16.5. The zero-order valence-electron chi connectivity index (χ0n) is 13.0. The number of hydrogen-bond acceptors (Lipinski definition) is 8. The standard InChI is InChI=1S/C13H19N5O3S2/c1-9-14-15-13(22-9)7-17-3-4-18-10(6-17)5-11(16-18)12(19)8-23(2,20)21/h5,12,19H,3-4,6-8H2,1-2H3. The molecule has 1 aliphatic heterocycles. The number of aliphatic hydroxyl groups excluding tert-OH is 1. The Hall–Kier alpha value is -1.36. The highest BCUT2D eigenvalue weighted by molar-refractivity contribution is 7.90. The molecule has 3 heterocycles.